The Kier molecular flexibility index (Phi) is 2.65. The van der Waals surface area contributed by atoms with Crippen molar-refractivity contribution in [3.63, 3.8) is 0 Å². The molecule has 4 bridgehead atoms. The molecule has 1 aliphatic carbocycles. The average Bonchev–Trinajstić information content (AvgIpc) is 2.94. The maximum absolute atomic E-state index is 12.6. The third kappa shape index (κ3) is 1.90. The van der Waals surface area contributed by atoms with Gasteiger partial charge in [-0.15, -0.1) is 0 Å². The molecule has 4 nitrogen and oxygen atoms in total. The number of furan rings is 1. The average molecular weight is 296 g/mol. The molecule has 1 aromatic carbocycles. The molecule has 4 fully saturated rings. The van der Waals surface area contributed by atoms with E-state index in [-0.39, 0.29) is 5.91 Å². The van der Waals surface area contributed by atoms with E-state index in [1.165, 1.54) is 19.4 Å². The van der Waals surface area contributed by atoms with E-state index in [1.807, 2.05) is 30.3 Å². The van der Waals surface area contributed by atoms with Crippen LogP contribution in [0.5, 0.6) is 0 Å². The van der Waals surface area contributed by atoms with Gasteiger partial charge in [-0.1, -0.05) is 18.2 Å². The summed E-state index contributed by atoms with van der Waals surface area (Å²) < 4.78 is 5.70. The van der Waals surface area contributed by atoms with Crippen molar-refractivity contribution < 1.29 is 9.21 Å². The highest BCUT2D eigenvalue weighted by Gasteiger charge is 2.48. The van der Waals surface area contributed by atoms with Crippen LogP contribution in [0, 0.1) is 17.8 Å². The third-order valence-corrected chi connectivity index (χ3v) is 5.74. The molecule has 1 amide bonds. The van der Waals surface area contributed by atoms with E-state index in [1.54, 1.807) is 0 Å². The Labute approximate surface area is 129 Å². The monoisotopic (exact) mass is 296 g/mol. The molecule has 3 aliphatic heterocycles. The van der Waals surface area contributed by atoms with E-state index < -0.39 is 0 Å². The lowest BCUT2D eigenvalue weighted by Gasteiger charge is -2.55. The first-order valence-corrected chi connectivity index (χ1v) is 8.28. The van der Waals surface area contributed by atoms with Gasteiger partial charge in [-0.2, -0.15) is 0 Å². The lowest BCUT2D eigenvalue weighted by Crippen LogP contribution is -2.64. The van der Waals surface area contributed by atoms with Crippen LogP contribution in [0.15, 0.2) is 34.7 Å². The van der Waals surface area contributed by atoms with Crippen molar-refractivity contribution in [1.82, 2.24) is 10.2 Å². The first-order valence-electron chi connectivity index (χ1n) is 8.28. The Morgan fingerprint density at radius 3 is 2.64 bits per heavy atom. The molecule has 6 rings (SSSR count). The molecule has 4 heterocycles. The number of hydrogen-bond acceptors (Lipinski definition) is 3. The molecule has 2 unspecified atom stereocenters. The number of nitrogens with zero attached hydrogens (tertiary/aromatic N) is 1. The fourth-order valence-electron chi connectivity index (χ4n) is 4.96. The zero-order valence-corrected chi connectivity index (χ0v) is 12.5. The van der Waals surface area contributed by atoms with Crippen molar-refractivity contribution in [1.29, 1.82) is 0 Å². The predicted molar refractivity (Wildman–Crippen MR) is 83.6 cm³/mol. The number of fused-ring (bicyclic) bond motifs is 1. The molecule has 2 atom stereocenters. The Bertz CT molecular complexity index is 675. The first-order chi connectivity index (χ1) is 10.8. The number of rotatable bonds is 2. The number of benzene rings is 1. The number of carbonyl (C=O) groups is 1. The minimum absolute atomic E-state index is 0.0522. The lowest BCUT2D eigenvalue weighted by atomic mass is 9.65. The van der Waals surface area contributed by atoms with Crippen molar-refractivity contribution in [2.24, 2.45) is 17.8 Å². The maximum atomic E-state index is 12.6. The third-order valence-electron chi connectivity index (χ3n) is 5.74. The highest BCUT2D eigenvalue weighted by Crippen LogP contribution is 2.43. The van der Waals surface area contributed by atoms with Crippen LogP contribution in [-0.4, -0.2) is 36.5 Å². The SMILES string of the molecule is O=C(NC1C2CC3CC1CN(C3)C2)c1cc2ccccc2o1. The molecule has 114 valence electrons. The van der Waals surface area contributed by atoms with Gasteiger partial charge in [0, 0.05) is 31.1 Å². The summed E-state index contributed by atoms with van der Waals surface area (Å²) in [5, 5.41) is 4.27. The van der Waals surface area contributed by atoms with Gasteiger partial charge in [0.05, 0.1) is 0 Å². The molecule has 0 radical (unpaired) electrons. The van der Waals surface area contributed by atoms with Crippen LogP contribution in [0.3, 0.4) is 0 Å². The molecule has 1 aromatic heterocycles. The predicted octanol–water partition coefficient (Wildman–Crippen LogP) is 2.50. The largest absolute Gasteiger partial charge is 0.451 e. The van der Waals surface area contributed by atoms with Gasteiger partial charge in [0.25, 0.3) is 5.91 Å². The zero-order chi connectivity index (χ0) is 14.7. The van der Waals surface area contributed by atoms with Gasteiger partial charge >= 0.3 is 0 Å². The standard InChI is InChI=1S/C18H20N2O2/c21-18(16-7-12-3-1-2-4-15(12)22-16)19-17-13-5-11-6-14(17)10-20(8-11)9-13/h1-4,7,11,13-14,17H,5-6,8-10H2,(H,19,21). The second kappa shape index (κ2) is 4.59. The zero-order valence-electron chi connectivity index (χ0n) is 12.5. The molecular weight excluding hydrogens is 276 g/mol. The summed E-state index contributed by atoms with van der Waals surface area (Å²) in [6.07, 6.45) is 2.55. The van der Waals surface area contributed by atoms with Crippen LogP contribution in [-0.2, 0) is 0 Å². The van der Waals surface area contributed by atoms with Crippen molar-refractivity contribution in [2.45, 2.75) is 18.9 Å². The quantitative estimate of drug-likeness (QED) is 0.926. The van der Waals surface area contributed by atoms with Crippen molar-refractivity contribution in [3.05, 3.63) is 36.1 Å². The van der Waals surface area contributed by atoms with E-state index in [4.69, 9.17) is 4.42 Å². The molecule has 1 N–H and O–H groups in total. The van der Waals surface area contributed by atoms with Crippen LogP contribution in [0.1, 0.15) is 23.4 Å². The molecule has 4 heteroatoms. The summed E-state index contributed by atoms with van der Waals surface area (Å²) in [6, 6.07) is 9.96. The fourth-order valence-corrected chi connectivity index (χ4v) is 4.96. The Morgan fingerprint density at radius 2 is 1.91 bits per heavy atom. The van der Waals surface area contributed by atoms with Crippen LogP contribution >= 0.6 is 0 Å². The highest BCUT2D eigenvalue weighted by atomic mass is 16.3. The number of nitrogens with one attached hydrogen (secondary N) is 1. The van der Waals surface area contributed by atoms with Crippen molar-refractivity contribution >= 4 is 16.9 Å². The molecular formula is C18H20N2O2. The molecule has 3 saturated heterocycles. The van der Waals surface area contributed by atoms with Gasteiger partial charge in [-0.05, 0) is 42.7 Å². The Morgan fingerprint density at radius 1 is 1.14 bits per heavy atom. The van der Waals surface area contributed by atoms with Crippen LogP contribution in [0.4, 0.5) is 0 Å². The number of para-hydroxylation sites is 1. The smallest absolute Gasteiger partial charge is 0.287 e. The Hall–Kier alpha value is -1.81. The Balaban J connectivity index is 1.38. The van der Waals surface area contributed by atoms with Crippen molar-refractivity contribution in [2.75, 3.05) is 19.6 Å². The van der Waals surface area contributed by atoms with E-state index in [2.05, 4.69) is 10.2 Å². The number of hydrogen-bond donors (Lipinski definition) is 1. The minimum atomic E-state index is -0.0522. The maximum Gasteiger partial charge on any atom is 0.287 e. The summed E-state index contributed by atoms with van der Waals surface area (Å²) >= 11 is 0. The number of carbonyl (C=O) groups excluding carboxylic acids is 1. The molecule has 1 saturated carbocycles. The number of amides is 1. The minimum Gasteiger partial charge on any atom is -0.451 e. The van der Waals surface area contributed by atoms with E-state index in [9.17, 15) is 4.79 Å². The van der Waals surface area contributed by atoms with Gasteiger partial charge < -0.3 is 14.6 Å². The van der Waals surface area contributed by atoms with Gasteiger partial charge in [-0.3, -0.25) is 4.79 Å². The normalized spacial score (nSPS) is 35.9. The summed E-state index contributed by atoms with van der Waals surface area (Å²) in [5.74, 6) is 2.50. The second-order valence-corrected chi connectivity index (χ2v) is 7.22. The molecule has 22 heavy (non-hydrogen) atoms. The number of piperidine rings is 3. The first kappa shape index (κ1) is 12.7. The lowest BCUT2D eigenvalue weighted by molar-refractivity contribution is -0.0420. The highest BCUT2D eigenvalue weighted by molar-refractivity contribution is 5.96. The van der Waals surface area contributed by atoms with Crippen molar-refractivity contribution in [3.8, 4) is 0 Å². The summed E-state index contributed by atoms with van der Waals surface area (Å²) in [4.78, 5) is 15.2. The van der Waals surface area contributed by atoms with Crippen LogP contribution < -0.4 is 5.32 Å². The van der Waals surface area contributed by atoms with Gasteiger partial charge in [0.15, 0.2) is 5.76 Å². The van der Waals surface area contributed by atoms with E-state index in [0.29, 0.717) is 23.6 Å². The summed E-state index contributed by atoms with van der Waals surface area (Å²) in [6.45, 7) is 3.58. The van der Waals surface area contributed by atoms with Gasteiger partial charge in [-0.25, -0.2) is 0 Å². The molecule has 2 aromatic rings. The van der Waals surface area contributed by atoms with E-state index in [0.717, 1.165) is 30.0 Å². The molecule has 4 aliphatic rings. The van der Waals surface area contributed by atoms with Gasteiger partial charge in [0.1, 0.15) is 5.58 Å². The summed E-state index contributed by atoms with van der Waals surface area (Å²) in [7, 11) is 0. The second-order valence-electron chi connectivity index (χ2n) is 7.22. The summed E-state index contributed by atoms with van der Waals surface area (Å²) in [5.41, 5.74) is 0.781. The topological polar surface area (TPSA) is 45.5 Å². The van der Waals surface area contributed by atoms with Crippen LogP contribution in [0.2, 0.25) is 0 Å². The molecule has 0 spiro atoms. The van der Waals surface area contributed by atoms with E-state index >= 15 is 0 Å². The van der Waals surface area contributed by atoms with Crippen LogP contribution in [0.25, 0.3) is 11.0 Å². The fraction of sp³-hybridized carbons (Fsp3) is 0.500. The van der Waals surface area contributed by atoms with Gasteiger partial charge in [0.2, 0.25) is 0 Å².